The Balaban J connectivity index is 3.06. The molecule has 0 amide bonds. The molecule has 0 aliphatic carbocycles. The first kappa shape index (κ1) is 7.88. The van der Waals surface area contributed by atoms with Crippen LogP contribution in [-0.4, -0.2) is 7.11 Å². The topological polar surface area (TPSA) is 44.5 Å². The summed E-state index contributed by atoms with van der Waals surface area (Å²) in [5.74, 6) is 6.23. The fourth-order valence-corrected chi connectivity index (χ4v) is 0.876. The molecular formula is C8H11NO2. The van der Waals surface area contributed by atoms with Crippen molar-refractivity contribution < 1.29 is 9.57 Å². The molecule has 0 saturated carbocycles. The molecule has 0 unspecified atom stereocenters. The van der Waals surface area contributed by atoms with Crippen molar-refractivity contribution in [3.63, 3.8) is 0 Å². The number of methoxy groups -OCH3 is 1. The molecule has 1 rings (SSSR count). The van der Waals surface area contributed by atoms with Crippen molar-refractivity contribution in [2.75, 3.05) is 7.11 Å². The normalized spacial score (nSPS) is 9.36. The van der Waals surface area contributed by atoms with E-state index in [1.54, 1.807) is 7.11 Å². The lowest BCUT2D eigenvalue weighted by molar-refractivity contribution is 0.305. The van der Waals surface area contributed by atoms with Gasteiger partial charge in [0, 0.05) is 0 Å². The molecule has 3 nitrogen and oxygen atoms in total. The maximum Gasteiger partial charge on any atom is 0.188 e. The fraction of sp³-hybridized carbons (Fsp3) is 0.250. The molecule has 0 bridgehead atoms. The molecule has 1 aromatic rings. The average molecular weight is 153 g/mol. The van der Waals surface area contributed by atoms with Gasteiger partial charge in [0.05, 0.1) is 7.11 Å². The van der Waals surface area contributed by atoms with Gasteiger partial charge in [0.1, 0.15) is 0 Å². The van der Waals surface area contributed by atoms with Crippen LogP contribution in [0.3, 0.4) is 0 Å². The molecule has 0 aromatic heterocycles. The van der Waals surface area contributed by atoms with Crippen molar-refractivity contribution in [2.24, 2.45) is 5.90 Å². The minimum Gasteiger partial charge on any atom is -0.493 e. The van der Waals surface area contributed by atoms with Crippen LogP contribution < -0.4 is 15.5 Å². The monoisotopic (exact) mass is 153 g/mol. The van der Waals surface area contributed by atoms with Crippen molar-refractivity contribution in [1.82, 2.24) is 0 Å². The molecule has 0 heterocycles. The van der Waals surface area contributed by atoms with Crippen LogP contribution in [0.15, 0.2) is 18.2 Å². The van der Waals surface area contributed by atoms with Crippen LogP contribution in [0.2, 0.25) is 0 Å². The van der Waals surface area contributed by atoms with Crippen LogP contribution >= 0.6 is 0 Å². The quantitative estimate of drug-likeness (QED) is 0.650. The van der Waals surface area contributed by atoms with E-state index in [0.717, 1.165) is 5.56 Å². The average Bonchev–Trinajstić information content (AvgIpc) is 2.04. The minimum atomic E-state index is 0.563. The standard InChI is InChI=1S/C8H11NO2/c1-6-3-4-7(10-2)8(5-6)11-9/h3-5H,9H2,1-2H3. The van der Waals surface area contributed by atoms with Gasteiger partial charge in [-0.25, -0.2) is 0 Å². The zero-order valence-corrected chi connectivity index (χ0v) is 6.63. The first-order valence-electron chi connectivity index (χ1n) is 3.29. The van der Waals surface area contributed by atoms with E-state index in [4.69, 9.17) is 10.6 Å². The highest BCUT2D eigenvalue weighted by Crippen LogP contribution is 2.26. The van der Waals surface area contributed by atoms with Crippen molar-refractivity contribution in [3.05, 3.63) is 23.8 Å². The summed E-state index contributed by atoms with van der Waals surface area (Å²) in [6.45, 7) is 1.96. The van der Waals surface area contributed by atoms with Crippen LogP contribution in [0.5, 0.6) is 11.5 Å². The SMILES string of the molecule is COc1ccc(C)cc1ON. The Morgan fingerprint density at radius 2 is 2.00 bits per heavy atom. The second-order valence-electron chi connectivity index (χ2n) is 2.27. The second kappa shape index (κ2) is 3.25. The zero-order valence-electron chi connectivity index (χ0n) is 6.63. The zero-order chi connectivity index (χ0) is 8.27. The first-order valence-corrected chi connectivity index (χ1v) is 3.29. The number of ether oxygens (including phenoxy) is 1. The largest absolute Gasteiger partial charge is 0.493 e. The molecule has 0 aliphatic rings. The Kier molecular flexibility index (Phi) is 2.33. The van der Waals surface area contributed by atoms with Gasteiger partial charge in [0.15, 0.2) is 11.5 Å². The fourth-order valence-electron chi connectivity index (χ4n) is 0.876. The van der Waals surface area contributed by atoms with E-state index in [-0.39, 0.29) is 0 Å². The third kappa shape index (κ3) is 1.62. The van der Waals surface area contributed by atoms with Gasteiger partial charge < -0.3 is 9.57 Å². The summed E-state index contributed by atoms with van der Waals surface area (Å²) in [6.07, 6.45) is 0. The van der Waals surface area contributed by atoms with Crippen LogP contribution in [0.4, 0.5) is 0 Å². The van der Waals surface area contributed by atoms with Crippen molar-refractivity contribution in [3.8, 4) is 11.5 Å². The van der Waals surface area contributed by atoms with Crippen LogP contribution in [0, 0.1) is 6.92 Å². The van der Waals surface area contributed by atoms with E-state index < -0.39 is 0 Å². The van der Waals surface area contributed by atoms with Gasteiger partial charge >= 0.3 is 0 Å². The number of aryl methyl sites for hydroxylation is 1. The van der Waals surface area contributed by atoms with Gasteiger partial charge in [0.2, 0.25) is 0 Å². The Labute approximate surface area is 65.7 Å². The van der Waals surface area contributed by atoms with Gasteiger partial charge in [-0.3, -0.25) is 0 Å². The molecule has 11 heavy (non-hydrogen) atoms. The van der Waals surface area contributed by atoms with E-state index in [1.165, 1.54) is 0 Å². The number of hydrogen-bond acceptors (Lipinski definition) is 3. The highest BCUT2D eigenvalue weighted by atomic mass is 16.6. The molecule has 2 N–H and O–H groups in total. The summed E-state index contributed by atoms with van der Waals surface area (Å²) in [5.41, 5.74) is 1.09. The van der Waals surface area contributed by atoms with Gasteiger partial charge in [0.25, 0.3) is 0 Å². The summed E-state index contributed by atoms with van der Waals surface area (Å²) in [7, 11) is 1.58. The molecule has 0 atom stereocenters. The lowest BCUT2D eigenvalue weighted by Gasteiger charge is -2.05. The lowest BCUT2D eigenvalue weighted by Crippen LogP contribution is -2.03. The first-order chi connectivity index (χ1) is 5.27. The van der Waals surface area contributed by atoms with Crippen molar-refractivity contribution in [2.45, 2.75) is 6.92 Å². The maximum atomic E-state index is 5.02. The second-order valence-corrected chi connectivity index (χ2v) is 2.27. The highest BCUT2D eigenvalue weighted by molar-refractivity contribution is 5.42. The van der Waals surface area contributed by atoms with E-state index in [2.05, 4.69) is 4.84 Å². The third-order valence-electron chi connectivity index (χ3n) is 1.45. The smallest absolute Gasteiger partial charge is 0.188 e. The molecule has 1 aromatic carbocycles. The molecule has 0 aliphatic heterocycles. The maximum absolute atomic E-state index is 5.02. The van der Waals surface area contributed by atoms with Crippen LogP contribution in [0.25, 0.3) is 0 Å². The van der Waals surface area contributed by atoms with Crippen molar-refractivity contribution in [1.29, 1.82) is 0 Å². The van der Waals surface area contributed by atoms with E-state index in [9.17, 15) is 0 Å². The Hall–Kier alpha value is -1.22. The predicted molar refractivity (Wildman–Crippen MR) is 42.5 cm³/mol. The molecule has 0 fully saturated rings. The predicted octanol–water partition coefficient (Wildman–Crippen LogP) is 1.26. The van der Waals surface area contributed by atoms with E-state index in [0.29, 0.717) is 11.5 Å². The summed E-state index contributed by atoms with van der Waals surface area (Å²) in [4.78, 5) is 4.59. The van der Waals surface area contributed by atoms with Crippen LogP contribution in [0.1, 0.15) is 5.56 Å². The number of nitrogens with two attached hydrogens (primary N) is 1. The summed E-state index contributed by atoms with van der Waals surface area (Å²) >= 11 is 0. The molecule has 0 spiro atoms. The Bertz CT molecular complexity index is 248. The molecular weight excluding hydrogens is 142 g/mol. The summed E-state index contributed by atoms with van der Waals surface area (Å²) in [6, 6.07) is 5.57. The molecule has 0 radical (unpaired) electrons. The van der Waals surface area contributed by atoms with E-state index >= 15 is 0 Å². The summed E-state index contributed by atoms with van der Waals surface area (Å²) < 4.78 is 4.99. The van der Waals surface area contributed by atoms with Gasteiger partial charge in [-0.2, -0.15) is 5.90 Å². The lowest BCUT2D eigenvalue weighted by atomic mass is 10.2. The highest BCUT2D eigenvalue weighted by Gasteiger charge is 2.01. The number of hydrogen-bond donors (Lipinski definition) is 1. The number of rotatable bonds is 2. The minimum absolute atomic E-state index is 0.563. The molecule has 0 saturated heterocycles. The number of benzene rings is 1. The van der Waals surface area contributed by atoms with Crippen LogP contribution in [-0.2, 0) is 0 Å². The van der Waals surface area contributed by atoms with E-state index in [1.807, 2.05) is 25.1 Å². The van der Waals surface area contributed by atoms with Gasteiger partial charge in [-0.05, 0) is 24.6 Å². The van der Waals surface area contributed by atoms with Gasteiger partial charge in [-0.1, -0.05) is 6.07 Å². The molecule has 60 valence electrons. The summed E-state index contributed by atoms with van der Waals surface area (Å²) in [5, 5.41) is 0. The van der Waals surface area contributed by atoms with Gasteiger partial charge in [-0.15, -0.1) is 0 Å². The Morgan fingerprint density at radius 3 is 2.55 bits per heavy atom. The molecule has 3 heteroatoms. The third-order valence-corrected chi connectivity index (χ3v) is 1.45. The van der Waals surface area contributed by atoms with Crippen molar-refractivity contribution >= 4 is 0 Å². The Morgan fingerprint density at radius 1 is 1.27 bits per heavy atom.